The van der Waals surface area contributed by atoms with Crippen LogP contribution in [0.4, 0.5) is 0 Å². The van der Waals surface area contributed by atoms with Gasteiger partial charge in [-0.2, -0.15) is 0 Å². The molecule has 6 nitrogen and oxygen atoms in total. The van der Waals surface area contributed by atoms with Gasteiger partial charge in [0.1, 0.15) is 0 Å². The summed E-state index contributed by atoms with van der Waals surface area (Å²) in [6.07, 6.45) is 2.41. The summed E-state index contributed by atoms with van der Waals surface area (Å²) in [7, 11) is 0. The minimum absolute atomic E-state index is 0.228. The van der Waals surface area contributed by atoms with Gasteiger partial charge < -0.3 is 20.7 Å². The van der Waals surface area contributed by atoms with Gasteiger partial charge in [-0.25, -0.2) is 4.79 Å². The van der Waals surface area contributed by atoms with E-state index in [4.69, 9.17) is 10.5 Å². The van der Waals surface area contributed by atoms with Crippen LogP contribution in [0.5, 0.6) is 0 Å². The third-order valence-corrected chi connectivity index (χ3v) is 3.43. The van der Waals surface area contributed by atoms with Gasteiger partial charge in [-0.3, -0.25) is 4.79 Å². The zero-order valence-corrected chi connectivity index (χ0v) is 11.9. The molecular formula is C13H25N3O3. The minimum atomic E-state index is -1.22. The van der Waals surface area contributed by atoms with Crippen molar-refractivity contribution in [3.8, 4) is 0 Å². The fraction of sp³-hybridized carbons (Fsp3) is 0.846. The smallest absolute Gasteiger partial charge is 0.332 e. The van der Waals surface area contributed by atoms with Gasteiger partial charge in [-0.15, -0.1) is 0 Å². The summed E-state index contributed by atoms with van der Waals surface area (Å²) < 4.78 is 4.70. The monoisotopic (exact) mass is 271 g/mol. The van der Waals surface area contributed by atoms with Crippen LogP contribution in [0.25, 0.3) is 0 Å². The van der Waals surface area contributed by atoms with Crippen molar-refractivity contribution in [3.05, 3.63) is 0 Å². The van der Waals surface area contributed by atoms with Crippen LogP contribution >= 0.6 is 0 Å². The molecule has 0 radical (unpaired) electrons. The van der Waals surface area contributed by atoms with Crippen LogP contribution in [0.3, 0.4) is 0 Å². The first-order valence-corrected chi connectivity index (χ1v) is 6.96. The van der Waals surface area contributed by atoms with E-state index < -0.39 is 17.9 Å². The third kappa shape index (κ3) is 5.57. The van der Waals surface area contributed by atoms with E-state index in [1.165, 1.54) is 12.8 Å². The number of ether oxygens (including phenoxy) is 1. The Bertz CT molecular complexity index is 302. The van der Waals surface area contributed by atoms with E-state index >= 15 is 0 Å². The van der Waals surface area contributed by atoms with Crippen molar-refractivity contribution < 1.29 is 14.3 Å². The number of esters is 1. The maximum Gasteiger partial charge on any atom is 0.332 e. The maximum absolute atomic E-state index is 11.6. The molecule has 0 aromatic heterocycles. The van der Waals surface area contributed by atoms with Crippen molar-refractivity contribution in [1.82, 2.24) is 10.2 Å². The van der Waals surface area contributed by atoms with Crippen LogP contribution in [-0.2, 0) is 14.3 Å². The van der Waals surface area contributed by atoms with Gasteiger partial charge >= 0.3 is 5.97 Å². The molecule has 1 rings (SSSR count). The van der Waals surface area contributed by atoms with Crippen molar-refractivity contribution in [1.29, 1.82) is 0 Å². The first-order valence-electron chi connectivity index (χ1n) is 6.96. The highest BCUT2D eigenvalue weighted by molar-refractivity contribution is 6.01. The van der Waals surface area contributed by atoms with E-state index in [0.29, 0.717) is 6.54 Å². The SMILES string of the molecule is CCOC(=O)C(N)C(=O)NCCN1CCC(C)CC1. The molecule has 0 aromatic carbocycles. The summed E-state index contributed by atoms with van der Waals surface area (Å²) in [6.45, 7) is 7.62. The largest absolute Gasteiger partial charge is 0.464 e. The Labute approximate surface area is 114 Å². The van der Waals surface area contributed by atoms with E-state index in [2.05, 4.69) is 17.1 Å². The minimum Gasteiger partial charge on any atom is -0.464 e. The molecule has 1 aliphatic rings. The summed E-state index contributed by atoms with van der Waals surface area (Å²) in [4.78, 5) is 25.2. The summed E-state index contributed by atoms with van der Waals surface area (Å²) in [6, 6.07) is -1.22. The van der Waals surface area contributed by atoms with Gasteiger partial charge in [-0.1, -0.05) is 6.92 Å². The van der Waals surface area contributed by atoms with Crippen LogP contribution in [0.1, 0.15) is 26.7 Å². The number of piperidine rings is 1. The van der Waals surface area contributed by atoms with E-state index in [1.807, 2.05) is 0 Å². The predicted octanol–water partition coefficient (Wildman–Crippen LogP) is -0.275. The lowest BCUT2D eigenvalue weighted by molar-refractivity contribution is -0.147. The van der Waals surface area contributed by atoms with Crippen molar-refractivity contribution >= 4 is 11.9 Å². The highest BCUT2D eigenvalue weighted by atomic mass is 16.5. The molecule has 19 heavy (non-hydrogen) atoms. The highest BCUT2D eigenvalue weighted by Crippen LogP contribution is 2.14. The van der Waals surface area contributed by atoms with Crippen molar-refractivity contribution in [2.24, 2.45) is 11.7 Å². The van der Waals surface area contributed by atoms with Gasteiger partial charge in [0.2, 0.25) is 5.91 Å². The highest BCUT2D eigenvalue weighted by Gasteiger charge is 2.23. The van der Waals surface area contributed by atoms with E-state index in [-0.39, 0.29) is 6.61 Å². The molecule has 1 saturated heterocycles. The topological polar surface area (TPSA) is 84.7 Å². The van der Waals surface area contributed by atoms with E-state index in [0.717, 1.165) is 25.6 Å². The molecule has 1 atom stereocenters. The number of nitrogens with zero attached hydrogens (tertiary/aromatic N) is 1. The van der Waals surface area contributed by atoms with Gasteiger partial charge in [0, 0.05) is 13.1 Å². The van der Waals surface area contributed by atoms with Gasteiger partial charge in [0.15, 0.2) is 6.04 Å². The second-order valence-electron chi connectivity index (χ2n) is 5.04. The fourth-order valence-electron chi connectivity index (χ4n) is 2.07. The molecule has 0 aromatic rings. The number of nitrogens with one attached hydrogen (secondary N) is 1. The molecule has 0 saturated carbocycles. The number of likely N-dealkylation sites (tertiary alicyclic amines) is 1. The second kappa shape index (κ2) is 8.12. The first kappa shape index (κ1) is 15.9. The van der Waals surface area contributed by atoms with Crippen molar-refractivity contribution in [2.45, 2.75) is 32.7 Å². The Morgan fingerprint density at radius 3 is 2.63 bits per heavy atom. The average Bonchev–Trinajstić information content (AvgIpc) is 2.40. The van der Waals surface area contributed by atoms with Gasteiger partial charge in [0.25, 0.3) is 0 Å². The van der Waals surface area contributed by atoms with Crippen LogP contribution < -0.4 is 11.1 Å². The molecule has 6 heteroatoms. The molecule has 0 aliphatic carbocycles. The Morgan fingerprint density at radius 2 is 2.05 bits per heavy atom. The summed E-state index contributed by atoms with van der Waals surface area (Å²) in [5, 5.41) is 2.67. The molecule has 1 unspecified atom stereocenters. The molecule has 1 fully saturated rings. The van der Waals surface area contributed by atoms with Gasteiger partial charge in [0.05, 0.1) is 6.61 Å². The van der Waals surface area contributed by atoms with Crippen LogP contribution in [0.2, 0.25) is 0 Å². The van der Waals surface area contributed by atoms with E-state index in [1.54, 1.807) is 6.92 Å². The van der Waals surface area contributed by atoms with Crippen LogP contribution in [0, 0.1) is 5.92 Å². The van der Waals surface area contributed by atoms with Crippen molar-refractivity contribution in [2.75, 3.05) is 32.8 Å². The Balaban J connectivity index is 2.18. The molecule has 110 valence electrons. The van der Waals surface area contributed by atoms with Crippen LogP contribution in [-0.4, -0.2) is 55.6 Å². The summed E-state index contributed by atoms with van der Waals surface area (Å²) in [5.74, 6) is -0.348. The molecule has 0 bridgehead atoms. The quantitative estimate of drug-likeness (QED) is 0.513. The molecule has 1 aliphatic heterocycles. The molecule has 3 N–H and O–H groups in total. The van der Waals surface area contributed by atoms with E-state index in [9.17, 15) is 9.59 Å². The molecule has 0 spiro atoms. The third-order valence-electron chi connectivity index (χ3n) is 3.43. The molecule has 1 heterocycles. The number of amides is 1. The number of nitrogens with two attached hydrogens (primary N) is 1. The zero-order chi connectivity index (χ0) is 14.3. The Hall–Kier alpha value is -1.14. The number of hydrogen-bond acceptors (Lipinski definition) is 5. The fourth-order valence-corrected chi connectivity index (χ4v) is 2.07. The Kier molecular flexibility index (Phi) is 6.80. The number of rotatable bonds is 6. The first-order chi connectivity index (χ1) is 9.04. The molecule has 1 amide bonds. The number of hydrogen-bond donors (Lipinski definition) is 2. The Morgan fingerprint density at radius 1 is 1.42 bits per heavy atom. The normalized spacial score (nSPS) is 18.9. The number of carbonyl (C=O) groups excluding carboxylic acids is 2. The summed E-state index contributed by atoms with van der Waals surface area (Å²) in [5.41, 5.74) is 5.48. The predicted molar refractivity (Wildman–Crippen MR) is 72.5 cm³/mol. The van der Waals surface area contributed by atoms with Crippen LogP contribution in [0.15, 0.2) is 0 Å². The lowest BCUT2D eigenvalue weighted by Crippen LogP contribution is -2.49. The summed E-state index contributed by atoms with van der Waals surface area (Å²) >= 11 is 0. The van der Waals surface area contributed by atoms with Crippen molar-refractivity contribution in [3.63, 3.8) is 0 Å². The molecular weight excluding hydrogens is 246 g/mol. The average molecular weight is 271 g/mol. The lowest BCUT2D eigenvalue weighted by Gasteiger charge is -2.30. The lowest BCUT2D eigenvalue weighted by atomic mass is 9.99. The van der Waals surface area contributed by atoms with Gasteiger partial charge in [-0.05, 0) is 38.8 Å². The zero-order valence-electron chi connectivity index (χ0n) is 11.9. The second-order valence-corrected chi connectivity index (χ2v) is 5.04. The number of carbonyl (C=O) groups is 2. The maximum atomic E-state index is 11.6. The standard InChI is InChI=1S/C13H25N3O3/c1-3-19-13(18)11(14)12(17)15-6-9-16-7-4-10(2)5-8-16/h10-11H,3-9,14H2,1-2H3,(H,15,17).